The van der Waals surface area contributed by atoms with Gasteiger partial charge in [-0.1, -0.05) is 108 Å². The molecule has 0 saturated carbocycles. The normalized spacial score (nSPS) is 12.9. The van der Waals surface area contributed by atoms with Crippen molar-refractivity contribution in [2.45, 2.75) is 26.2 Å². The third kappa shape index (κ3) is 9.77. The number of rotatable bonds is 8. The number of carbonyl (C=O) groups is 2. The van der Waals surface area contributed by atoms with Gasteiger partial charge in [-0.2, -0.15) is 0 Å². The van der Waals surface area contributed by atoms with Crippen LogP contribution in [0, 0.1) is 0 Å². The summed E-state index contributed by atoms with van der Waals surface area (Å²) >= 11 is 44.9. The maximum Gasteiger partial charge on any atom is 0.360 e. The van der Waals surface area contributed by atoms with Crippen molar-refractivity contribution in [2.75, 3.05) is 19.7 Å². The van der Waals surface area contributed by atoms with Gasteiger partial charge in [0.2, 0.25) is 0 Å². The third-order valence-electron chi connectivity index (χ3n) is 8.46. The molecular formula is C39H30Br2Cl6N6O3. The van der Waals surface area contributed by atoms with Crippen LogP contribution in [0.3, 0.4) is 0 Å². The molecule has 1 fully saturated rings. The molecule has 0 unspecified atom stereocenters. The van der Waals surface area contributed by atoms with Crippen LogP contribution in [0.2, 0.25) is 30.4 Å². The van der Waals surface area contributed by atoms with Gasteiger partial charge >= 0.3 is 5.97 Å². The van der Waals surface area contributed by atoms with Crippen LogP contribution < -0.4 is 5.43 Å². The van der Waals surface area contributed by atoms with Crippen LogP contribution >= 0.6 is 101 Å². The SMILES string of the molecule is CCOC(=O)c1nc(-c2ccc(Cl)cc2Cl)n(-c2ccc(Br)cc2)c1Cl.O=C(NN1CCCCC1)c1nc(-c2ccc(Cl)cc2Cl)n(-c2ccc(Br)cc2)c1Cl. The molecule has 0 aliphatic carbocycles. The zero-order chi connectivity index (χ0) is 40.1. The van der Waals surface area contributed by atoms with Crippen LogP contribution in [0.5, 0.6) is 0 Å². The Morgan fingerprint density at radius 2 is 1.11 bits per heavy atom. The van der Waals surface area contributed by atoms with Crippen molar-refractivity contribution in [3.8, 4) is 34.2 Å². The highest BCUT2D eigenvalue weighted by atomic mass is 79.9. The highest BCUT2D eigenvalue weighted by Crippen LogP contribution is 2.37. The first kappa shape index (κ1) is 42.5. The van der Waals surface area contributed by atoms with Gasteiger partial charge in [-0.15, -0.1) is 0 Å². The fraction of sp³-hybridized carbons (Fsp3) is 0.179. The molecule has 9 nitrogen and oxygen atoms in total. The van der Waals surface area contributed by atoms with E-state index >= 15 is 0 Å². The van der Waals surface area contributed by atoms with E-state index in [2.05, 4.69) is 47.3 Å². The van der Waals surface area contributed by atoms with Crippen molar-refractivity contribution in [3.05, 3.63) is 136 Å². The molecule has 1 aliphatic rings. The first-order chi connectivity index (χ1) is 26.9. The third-order valence-corrected chi connectivity index (χ3v) is 11.3. The number of benzene rings is 4. The molecule has 2 aromatic heterocycles. The van der Waals surface area contributed by atoms with Gasteiger partial charge in [-0.3, -0.25) is 19.4 Å². The molecular weight excluding hydrogens is 973 g/mol. The second kappa shape index (κ2) is 19.1. The zero-order valence-corrected chi connectivity index (χ0v) is 37.0. The molecule has 290 valence electrons. The average Bonchev–Trinajstić information content (AvgIpc) is 3.69. The van der Waals surface area contributed by atoms with Gasteiger partial charge in [0.05, 0.1) is 16.7 Å². The fourth-order valence-corrected chi connectivity index (χ4v) is 7.95. The number of carbonyl (C=O) groups excluding carboxylic acids is 2. The van der Waals surface area contributed by atoms with E-state index in [4.69, 9.17) is 74.3 Å². The minimum absolute atomic E-state index is 0.0254. The molecule has 1 aliphatic heterocycles. The topological polar surface area (TPSA) is 94.3 Å². The summed E-state index contributed by atoms with van der Waals surface area (Å²) in [7, 11) is 0. The lowest BCUT2D eigenvalue weighted by Crippen LogP contribution is -2.45. The number of halogens is 8. The van der Waals surface area contributed by atoms with Crippen molar-refractivity contribution < 1.29 is 14.3 Å². The molecule has 7 rings (SSSR count). The van der Waals surface area contributed by atoms with Gasteiger partial charge in [0.1, 0.15) is 22.0 Å². The van der Waals surface area contributed by atoms with Crippen LogP contribution in [0.25, 0.3) is 34.2 Å². The molecule has 0 spiro atoms. The summed E-state index contributed by atoms with van der Waals surface area (Å²) in [6.07, 6.45) is 3.27. The first-order valence-corrected chi connectivity index (χ1v) is 20.9. The van der Waals surface area contributed by atoms with Crippen LogP contribution in [0.4, 0.5) is 0 Å². The summed E-state index contributed by atoms with van der Waals surface area (Å²) in [6.45, 7) is 3.56. The number of nitrogens with zero attached hydrogens (tertiary/aromatic N) is 5. The van der Waals surface area contributed by atoms with Gasteiger partial charge in [-0.25, -0.2) is 19.8 Å². The highest BCUT2D eigenvalue weighted by molar-refractivity contribution is 9.10. The Labute approximate surface area is 370 Å². The predicted molar refractivity (Wildman–Crippen MR) is 232 cm³/mol. The Kier molecular flexibility index (Phi) is 14.5. The van der Waals surface area contributed by atoms with E-state index in [0.717, 1.165) is 46.3 Å². The molecule has 1 amide bonds. The predicted octanol–water partition coefficient (Wildman–Crippen LogP) is 12.8. The molecule has 4 aromatic carbocycles. The van der Waals surface area contributed by atoms with Crippen molar-refractivity contribution in [3.63, 3.8) is 0 Å². The highest BCUT2D eigenvalue weighted by Gasteiger charge is 2.27. The van der Waals surface area contributed by atoms with Gasteiger partial charge in [0, 0.05) is 54.6 Å². The number of nitrogens with one attached hydrogen (secondary N) is 1. The number of hydrogen-bond donors (Lipinski definition) is 1. The molecule has 0 atom stereocenters. The molecule has 17 heteroatoms. The summed E-state index contributed by atoms with van der Waals surface area (Å²) in [5.74, 6) is -0.0568. The Bertz CT molecular complexity index is 2380. The lowest BCUT2D eigenvalue weighted by molar-refractivity contribution is 0.0520. The minimum atomic E-state index is -0.598. The van der Waals surface area contributed by atoms with Crippen LogP contribution in [0.15, 0.2) is 93.9 Å². The molecule has 0 bridgehead atoms. The number of piperidine rings is 1. The molecule has 3 heterocycles. The Balaban J connectivity index is 0.000000192. The van der Waals surface area contributed by atoms with Crippen molar-refractivity contribution in [1.29, 1.82) is 0 Å². The number of esters is 1. The summed E-state index contributed by atoms with van der Waals surface area (Å²) in [6, 6.07) is 25.2. The lowest BCUT2D eigenvalue weighted by atomic mass is 10.2. The van der Waals surface area contributed by atoms with Crippen molar-refractivity contribution in [2.24, 2.45) is 0 Å². The number of ether oxygens (including phenoxy) is 1. The van der Waals surface area contributed by atoms with E-state index in [1.54, 1.807) is 52.5 Å². The van der Waals surface area contributed by atoms with Gasteiger partial charge in [0.15, 0.2) is 11.4 Å². The largest absolute Gasteiger partial charge is 0.461 e. The second-order valence-corrected chi connectivity index (χ2v) is 16.5. The maximum atomic E-state index is 13.0. The number of imidazole rings is 2. The van der Waals surface area contributed by atoms with E-state index in [-0.39, 0.29) is 34.2 Å². The number of amides is 1. The Morgan fingerprint density at radius 3 is 1.55 bits per heavy atom. The van der Waals surface area contributed by atoms with Gasteiger partial charge < -0.3 is 4.74 Å². The molecule has 1 N–H and O–H groups in total. The second-order valence-electron chi connectivity index (χ2n) is 12.2. The zero-order valence-electron chi connectivity index (χ0n) is 29.3. The summed E-state index contributed by atoms with van der Waals surface area (Å²) < 4.78 is 10.3. The monoisotopic (exact) mass is 998 g/mol. The van der Waals surface area contributed by atoms with Crippen LogP contribution in [-0.2, 0) is 4.74 Å². The summed E-state index contributed by atoms with van der Waals surface area (Å²) in [5.41, 5.74) is 5.80. The van der Waals surface area contributed by atoms with E-state index in [0.29, 0.717) is 42.9 Å². The molecule has 0 radical (unpaired) electrons. The van der Waals surface area contributed by atoms with E-state index in [9.17, 15) is 9.59 Å². The molecule has 56 heavy (non-hydrogen) atoms. The standard InChI is InChI=1S/C21H18BrCl3N4O.C18H12BrCl3N2O2/c22-13-4-7-15(8-5-13)29-19(25)18(21(30)27-28-10-2-1-3-11-28)26-20(29)16-9-6-14(23)12-17(16)24;1-2-26-18(25)15-16(22)24(12-6-3-10(19)4-7-12)17(23-15)13-8-5-11(20)9-14(13)21/h4-9,12H,1-3,10-11H2,(H,27,30);3-9H,2H2,1H3. The lowest BCUT2D eigenvalue weighted by Gasteiger charge is -2.26. The smallest absolute Gasteiger partial charge is 0.360 e. The molecule has 6 aromatic rings. The first-order valence-electron chi connectivity index (χ1n) is 17.1. The molecule has 1 saturated heterocycles. The number of aromatic nitrogens is 4. The quantitative estimate of drug-likeness (QED) is 0.153. The van der Waals surface area contributed by atoms with E-state index in [1.165, 1.54) is 6.42 Å². The summed E-state index contributed by atoms with van der Waals surface area (Å²) in [5, 5.41) is 4.10. The van der Waals surface area contributed by atoms with Gasteiger partial charge in [-0.05, 0) is 105 Å². The van der Waals surface area contributed by atoms with Crippen LogP contribution in [0.1, 0.15) is 47.2 Å². The van der Waals surface area contributed by atoms with Crippen LogP contribution in [-0.4, -0.2) is 55.7 Å². The Morgan fingerprint density at radius 1 is 0.661 bits per heavy atom. The number of hydrazine groups is 1. The van der Waals surface area contributed by atoms with Crippen molar-refractivity contribution >= 4 is 113 Å². The average molecular weight is 1000 g/mol. The summed E-state index contributed by atoms with van der Waals surface area (Å²) in [4.78, 5) is 34.2. The maximum absolute atomic E-state index is 13.0. The van der Waals surface area contributed by atoms with Crippen molar-refractivity contribution in [1.82, 2.24) is 29.5 Å². The Hall–Kier alpha value is -3.10. The van der Waals surface area contributed by atoms with Gasteiger partial charge in [0.25, 0.3) is 5.91 Å². The minimum Gasteiger partial charge on any atom is -0.461 e. The van der Waals surface area contributed by atoms with E-state index < -0.39 is 5.97 Å². The number of hydrogen-bond acceptors (Lipinski definition) is 6. The van der Waals surface area contributed by atoms with E-state index in [1.807, 2.05) is 53.5 Å². The fourth-order valence-electron chi connectivity index (χ4n) is 5.83.